The van der Waals surface area contributed by atoms with Crippen LogP contribution in [0, 0.1) is 0 Å². The van der Waals surface area contributed by atoms with Crippen LogP contribution in [0.4, 0.5) is 0 Å². The average Bonchev–Trinajstić information content (AvgIpc) is 3.30. The summed E-state index contributed by atoms with van der Waals surface area (Å²) in [4.78, 5) is 6.39. The fourth-order valence-corrected chi connectivity index (χ4v) is 7.09. The molecule has 2 aromatic heterocycles. The maximum atomic E-state index is 13.0. The SMILES string of the molecule is C=S1(=O)C[C@@](C)(c2sc(-c3cccc(-c4nnc(C5CC5)o4)c3)cc2Cl)N=C(N)N1C. The number of thiophene rings is 1. The number of hydrogen-bond acceptors (Lipinski definition) is 7. The van der Waals surface area contributed by atoms with Crippen LogP contribution >= 0.6 is 22.9 Å². The van der Waals surface area contributed by atoms with E-state index in [1.807, 2.05) is 37.3 Å². The summed E-state index contributed by atoms with van der Waals surface area (Å²) in [6, 6.07) is 9.83. The lowest BCUT2D eigenvalue weighted by atomic mass is 10.0. The van der Waals surface area contributed by atoms with Crippen molar-refractivity contribution >= 4 is 44.5 Å². The number of rotatable bonds is 4. The fraction of sp³-hybridized carbons (Fsp3) is 0.333. The molecule has 1 aliphatic carbocycles. The molecule has 0 radical (unpaired) electrons. The molecule has 5 rings (SSSR count). The maximum absolute atomic E-state index is 13.0. The van der Waals surface area contributed by atoms with Crippen molar-refractivity contribution in [3.05, 3.63) is 46.1 Å². The Kier molecular flexibility index (Phi) is 4.69. The number of guanidine groups is 1. The lowest BCUT2D eigenvalue weighted by Gasteiger charge is -2.36. The van der Waals surface area contributed by atoms with Crippen molar-refractivity contribution < 1.29 is 8.63 Å². The molecule has 7 nitrogen and oxygen atoms in total. The molecule has 1 saturated carbocycles. The molecule has 1 fully saturated rings. The second-order valence-electron chi connectivity index (χ2n) is 8.25. The van der Waals surface area contributed by atoms with E-state index in [1.165, 1.54) is 15.6 Å². The molecule has 1 unspecified atom stereocenters. The Morgan fingerprint density at radius 3 is 2.77 bits per heavy atom. The Bertz CT molecular complexity index is 1310. The third-order valence-corrected chi connectivity index (χ3v) is 9.67. The molecule has 1 aliphatic heterocycles. The molecule has 2 N–H and O–H groups in total. The highest BCUT2D eigenvalue weighted by atomic mass is 35.5. The summed E-state index contributed by atoms with van der Waals surface area (Å²) in [6.45, 7) is 1.90. The van der Waals surface area contributed by atoms with Gasteiger partial charge in [0.15, 0.2) is 0 Å². The number of nitrogens with two attached hydrogens (primary N) is 1. The quantitative estimate of drug-likeness (QED) is 0.573. The highest BCUT2D eigenvalue weighted by Gasteiger charge is 2.39. The molecule has 0 spiro atoms. The number of hydrogen-bond donors (Lipinski definition) is 1. The van der Waals surface area contributed by atoms with Crippen LogP contribution in [0.5, 0.6) is 0 Å². The van der Waals surface area contributed by atoms with Crippen LogP contribution in [0.2, 0.25) is 5.02 Å². The van der Waals surface area contributed by atoms with Gasteiger partial charge in [-0.3, -0.25) is 4.31 Å². The van der Waals surface area contributed by atoms with Crippen molar-refractivity contribution in [2.75, 3.05) is 12.8 Å². The summed E-state index contributed by atoms with van der Waals surface area (Å²) in [7, 11) is -0.937. The summed E-state index contributed by atoms with van der Waals surface area (Å²) in [5.74, 6) is 5.95. The van der Waals surface area contributed by atoms with Crippen LogP contribution in [0.3, 0.4) is 0 Å². The molecule has 3 heterocycles. The number of benzene rings is 1. The van der Waals surface area contributed by atoms with Gasteiger partial charge in [0.1, 0.15) is 5.54 Å². The lowest BCUT2D eigenvalue weighted by molar-refractivity contribution is 0.508. The fourth-order valence-electron chi connectivity index (χ4n) is 3.71. The van der Waals surface area contributed by atoms with E-state index in [-0.39, 0.29) is 11.7 Å². The van der Waals surface area contributed by atoms with Crippen LogP contribution in [0.15, 0.2) is 39.7 Å². The van der Waals surface area contributed by atoms with E-state index < -0.39 is 15.2 Å². The lowest BCUT2D eigenvalue weighted by Crippen LogP contribution is -2.50. The van der Waals surface area contributed by atoms with E-state index in [4.69, 9.17) is 21.8 Å². The minimum atomic E-state index is -2.58. The van der Waals surface area contributed by atoms with Crippen LogP contribution in [-0.4, -0.2) is 43.3 Å². The van der Waals surface area contributed by atoms with Crippen molar-refractivity contribution in [2.24, 2.45) is 10.7 Å². The van der Waals surface area contributed by atoms with Gasteiger partial charge in [-0.25, -0.2) is 9.20 Å². The van der Waals surface area contributed by atoms with Crippen molar-refractivity contribution in [1.29, 1.82) is 0 Å². The zero-order valence-corrected chi connectivity index (χ0v) is 19.6. The molecular formula is C21H22ClN5O2S2. The monoisotopic (exact) mass is 475 g/mol. The number of nitrogens with zero attached hydrogens (tertiary/aromatic N) is 4. The van der Waals surface area contributed by atoms with E-state index in [0.29, 0.717) is 22.7 Å². The van der Waals surface area contributed by atoms with E-state index in [2.05, 4.69) is 21.1 Å². The summed E-state index contributed by atoms with van der Waals surface area (Å²) in [5.41, 5.74) is 7.07. The third kappa shape index (κ3) is 3.64. The van der Waals surface area contributed by atoms with Crippen LogP contribution in [0.25, 0.3) is 21.9 Å². The third-order valence-electron chi connectivity index (χ3n) is 5.63. The molecule has 0 saturated heterocycles. The van der Waals surface area contributed by atoms with Crippen LogP contribution in [0.1, 0.15) is 36.5 Å². The van der Waals surface area contributed by atoms with Crippen molar-refractivity contribution in [3.63, 3.8) is 0 Å². The van der Waals surface area contributed by atoms with Gasteiger partial charge in [0, 0.05) is 23.4 Å². The first-order chi connectivity index (χ1) is 14.7. The predicted molar refractivity (Wildman–Crippen MR) is 127 cm³/mol. The molecule has 10 heteroatoms. The van der Waals surface area contributed by atoms with E-state index >= 15 is 0 Å². The normalized spacial score (nSPS) is 26.2. The van der Waals surface area contributed by atoms with Crippen LogP contribution in [-0.2, 0) is 15.2 Å². The van der Waals surface area contributed by atoms with Gasteiger partial charge < -0.3 is 10.2 Å². The van der Waals surface area contributed by atoms with E-state index in [1.54, 1.807) is 7.05 Å². The smallest absolute Gasteiger partial charge is 0.247 e. The van der Waals surface area contributed by atoms with Gasteiger partial charge in [-0.2, -0.15) is 0 Å². The molecule has 3 aromatic rings. The minimum Gasteiger partial charge on any atom is -0.420 e. The van der Waals surface area contributed by atoms with E-state index in [0.717, 1.165) is 33.7 Å². The standard InChI is InChI=1S/C21H22ClN5O2S2/c1-21(11-31(3,28)27(2)20(23)24-21)17-15(22)10-16(30-17)13-5-4-6-14(9-13)19-26-25-18(29-19)12-7-8-12/h4-6,9-10,12H,3,7-8,11H2,1-2H3,(H2,23,24)/t21-,31?/m0/s1. The highest BCUT2D eigenvalue weighted by molar-refractivity contribution is 7.98. The van der Waals surface area contributed by atoms with Crippen molar-refractivity contribution in [3.8, 4) is 21.9 Å². The van der Waals surface area contributed by atoms with Gasteiger partial charge in [0.2, 0.25) is 17.7 Å². The van der Waals surface area contributed by atoms with Gasteiger partial charge in [-0.1, -0.05) is 23.7 Å². The second kappa shape index (κ2) is 7.08. The highest BCUT2D eigenvalue weighted by Crippen LogP contribution is 2.45. The Hall–Kier alpha value is -2.36. The first kappa shape index (κ1) is 20.5. The second-order valence-corrected chi connectivity index (χ2v) is 12.1. The Morgan fingerprint density at radius 2 is 2.06 bits per heavy atom. The maximum Gasteiger partial charge on any atom is 0.247 e. The van der Waals surface area contributed by atoms with E-state index in [9.17, 15) is 4.21 Å². The first-order valence-corrected chi connectivity index (χ1v) is 12.9. The Morgan fingerprint density at radius 1 is 1.32 bits per heavy atom. The molecule has 2 atom stereocenters. The largest absolute Gasteiger partial charge is 0.420 e. The van der Waals surface area contributed by atoms with Crippen LogP contribution < -0.4 is 5.73 Å². The van der Waals surface area contributed by atoms with Gasteiger partial charge in [-0.15, -0.1) is 21.5 Å². The Labute approximate surface area is 190 Å². The van der Waals surface area contributed by atoms with Crippen molar-refractivity contribution in [1.82, 2.24) is 14.5 Å². The zero-order valence-electron chi connectivity index (χ0n) is 17.2. The predicted octanol–water partition coefficient (Wildman–Crippen LogP) is 4.10. The molecule has 2 aliphatic rings. The summed E-state index contributed by atoms with van der Waals surface area (Å²) >= 11 is 8.14. The van der Waals surface area contributed by atoms with Gasteiger partial charge in [-0.05, 0) is 49.4 Å². The van der Waals surface area contributed by atoms with Gasteiger partial charge in [0.05, 0.1) is 25.4 Å². The summed E-state index contributed by atoms with van der Waals surface area (Å²) in [6.07, 6.45) is 2.22. The van der Waals surface area contributed by atoms with Crippen molar-refractivity contribution in [2.45, 2.75) is 31.2 Å². The topological polar surface area (TPSA) is 97.6 Å². The molecule has 31 heavy (non-hydrogen) atoms. The Balaban J connectivity index is 1.51. The zero-order chi connectivity index (χ0) is 22.0. The molecule has 1 aromatic carbocycles. The van der Waals surface area contributed by atoms with Gasteiger partial charge >= 0.3 is 0 Å². The summed E-state index contributed by atoms with van der Waals surface area (Å²) in [5, 5.41) is 8.95. The molecule has 0 amide bonds. The average molecular weight is 476 g/mol. The minimum absolute atomic E-state index is 0.199. The molecule has 162 valence electrons. The van der Waals surface area contributed by atoms with Gasteiger partial charge in [0.25, 0.3) is 0 Å². The molecular weight excluding hydrogens is 454 g/mol. The first-order valence-electron chi connectivity index (χ1n) is 9.84. The number of aliphatic imine (C=N–C) groups is 1. The summed E-state index contributed by atoms with van der Waals surface area (Å²) < 4.78 is 20.3. The number of aromatic nitrogens is 2. The molecule has 0 bridgehead atoms. The number of halogens is 1.